The first-order chi connectivity index (χ1) is 13.2. The molecule has 6 heteroatoms. The lowest BCUT2D eigenvalue weighted by Crippen LogP contribution is -2.36. The molecule has 0 saturated carbocycles. The van der Waals surface area contributed by atoms with Crippen LogP contribution in [-0.4, -0.2) is 36.1 Å². The summed E-state index contributed by atoms with van der Waals surface area (Å²) in [7, 11) is 1.77. The number of nitrogens with zero attached hydrogens (tertiary/aromatic N) is 3. The average Bonchev–Trinajstić information content (AvgIpc) is 3.35. The second kappa shape index (κ2) is 7.70. The standard InChI is InChI=1S/C21H24N4O2/c1-24(15-18-13-17-6-2-3-7-19(17)27-18)21(26)23-14-16-8-9-22-20(12-16)25-10-4-5-11-25/h2-3,6-9,12-13H,4-5,10-11,14-15H2,1H3,(H,23,26). The highest BCUT2D eigenvalue weighted by Gasteiger charge is 2.15. The van der Waals surface area contributed by atoms with E-state index >= 15 is 0 Å². The second-order valence-electron chi connectivity index (χ2n) is 6.98. The molecule has 1 fully saturated rings. The summed E-state index contributed by atoms with van der Waals surface area (Å²) in [5.41, 5.74) is 1.89. The Labute approximate surface area is 158 Å². The predicted molar refractivity (Wildman–Crippen MR) is 106 cm³/mol. The van der Waals surface area contributed by atoms with Crippen LogP contribution in [0.4, 0.5) is 10.6 Å². The van der Waals surface area contributed by atoms with Crippen molar-refractivity contribution < 1.29 is 9.21 Å². The van der Waals surface area contributed by atoms with Gasteiger partial charge in [-0.25, -0.2) is 9.78 Å². The first-order valence-electron chi connectivity index (χ1n) is 9.35. The van der Waals surface area contributed by atoms with E-state index in [2.05, 4.69) is 21.3 Å². The van der Waals surface area contributed by atoms with E-state index in [0.29, 0.717) is 13.1 Å². The quantitative estimate of drug-likeness (QED) is 0.749. The van der Waals surface area contributed by atoms with E-state index in [1.54, 1.807) is 11.9 Å². The van der Waals surface area contributed by atoms with Crippen LogP contribution in [0.3, 0.4) is 0 Å². The summed E-state index contributed by atoms with van der Waals surface area (Å²) < 4.78 is 5.79. The Morgan fingerprint density at radius 2 is 2.04 bits per heavy atom. The molecule has 1 saturated heterocycles. The van der Waals surface area contributed by atoms with Gasteiger partial charge in [-0.05, 0) is 42.7 Å². The number of para-hydroxylation sites is 1. The van der Waals surface area contributed by atoms with Crippen molar-refractivity contribution in [2.75, 3.05) is 25.0 Å². The molecule has 0 atom stereocenters. The summed E-state index contributed by atoms with van der Waals surface area (Å²) in [5.74, 6) is 1.77. The zero-order valence-electron chi connectivity index (χ0n) is 15.5. The third-order valence-corrected chi connectivity index (χ3v) is 4.90. The van der Waals surface area contributed by atoms with E-state index < -0.39 is 0 Å². The Morgan fingerprint density at radius 1 is 1.22 bits per heavy atom. The normalized spacial score (nSPS) is 13.9. The van der Waals surface area contributed by atoms with Gasteiger partial charge in [0.1, 0.15) is 17.2 Å². The van der Waals surface area contributed by atoms with E-state index in [-0.39, 0.29) is 6.03 Å². The number of anilines is 1. The van der Waals surface area contributed by atoms with Crippen molar-refractivity contribution in [3.8, 4) is 0 Å². The molecule has 0 spiro atoms. The van der Waals surface area contributed by atoms with E-state index in [4.69, 9.17) is 4.42 Å². The fourth-order valence-electron chi connectivity index (χ4n) is 3.42. The van der Waals surface area contributed by atoms with Crippen molar-refractivity contribution >= 4 is 22.8 Å². The summed E-state index contributed by atoms with van der Waals surface area (Å²) in [6, 6.07) is 13.7. The number of urea groups is 1. The summed E-state index contributed by atoms with van der Waals surface area (Å²) >= 11 is 0. The Kier molecular flexibility index (Phi) is 4.96. The van der Waals surface area contributed by atoms with Crippen LogP contribution in [0.25, 0.3) is 11.0 Å². The van der Waals surface area contributed by atoms with Crippen molar-refractivity contribution in [3.05, 3.63) is 60.0 Å². The lowest BCUT2D eigenvalue weighted by atomic mass is 10.2. The Bertz CT molecular complexity index is 898. The smallest absolute Gasteiger partial charge is 0.317 e. The summed E-state index contributed by atoms with van der Waals surface area (Å²) in [6.45, 7) is 3.02. The van der Waals surface area contributed by atoms with Crippen molar-refractivity contribution in [1.29, 1.82) is 0 Å². The molecule has 1 aromatic carbocycles. The lowest BCUT2D eigenvalue weighted by Gasteiger charge is -2.18. The number of benzene rings is 1. The molecule has 1 N–H and O–H groups in total. The highest BCUT2D eigenvalue weighted by Crippen LogP contribution is 2.20. The van der Waals surface area contributed by atoms with Crippen molar-refractivity contribution in [3.63, 3.8) is 0 Å². The van der Waals surface area contributed by atoms with Crippen molar-refractivity contribution in [1.82, 2.24) is 15.2 Å². The first-order valence-corrected chi connectivity index (χ1v) is 9.35. The maximum Gasteiger partial charge on any atom is 0.317 e. The van der Waals surface area contributed by atoms with Crippen LogP contribution < -0.4 is 10.2 Å². The Balaban J connectivity index is 1.34. The van der Waals surface area contributed by atoms with Gasteiger partial charge in [-0.15, -0.1) is 0 Å². The first kappa shape index (κ1) is 17.4. The molecule has 2 aromatic heterocycles. The van der Waals surface area contributed by atoms with Crippen LogP contribution in [-0.2, 0) is 13.1 Å². The molecular weight excluding hydrogens is 340 g/mol. The number of carbonyl (C=O) groups excluding carboxylic acids is 1. The van der Waals surface area contributed by atoms with Gasteiger partial charge in [0.15, 0.2) is 0 Å². The molecule has 3 aromatic rings. The lowest BCUT2D eigenvalue weighted by molar-refractivity contribution is 0.203. The zero-order chi connectivity index (χ0) is 18.6. The number of aromatic nitrogens is 1. The van der Waals surface area contributed by atoms with Gasteiger partial charge in [0.05, 0.1) is 6.54 Å². The fraction of sp³-hybridized carbons (Fsp3) is 0.333. The van der Waals surface area contributed by atoms with Gasteiger partial charge in [-0.3, -0.25) is 0 Å². The number of hydrogen-bond acceptors (Lipinski definition) is 4. The molecule has 27 heavy (non-hydrogen) atoms. The molecule has 2 amide bonds. The largest absolute Gasteiger partial charge is 0.459 e. The number of nitrogens with one attached hydrogen (secondary N) is 1. The molecule has 1 aliphatic rings. The number of hydrogen-bond donors (Lipinski definition) is 1. The highest BCUT2D eigenvalue weighted by atomic mass is 16.3. The van der Waals surface area contributed by atoms with E-state index in [0.717, 1.165) is 41.2 Å². The fourth-order valence-corrected chi connectivity index (χ4v) is 3.42. The number of furan rings is 1. The molecule has 4 rings (SSSR count). The zero-order valence-corrected chi connectivity index (χ0v) is 15.5. The predicted octanol–water partition coefficient (Wildman–Crippen LogP) is 3.77. The van der Waals surface area contributed by atoms with E-state index in [9.17, 15) is 4.79 Å². The third-order valence-electron chi connectivity index (χ3n) is 4.90. The van der Waals surface area contributed by atoms with Crippen LogP contribution in [0.1, 0.15) is 24.2 Å². The highest BCUT2D eigenvalue weighted by molar-refractivity contribution is 5.78. The van der Waals surface area contributed by atoms with Crippen LogP contribution in [0.2, 0.25) is 0 Å². The number of rotatable bonds is 5. The van der Waals surface area contributed by atoms with Crippen molar-refractivity contribution in [2.24, 2.45) is 0 Å². The molecule has 6 nitrogen and oxygen atoms in total. The summed E-state index contributed by atoms with van der Waals surface area (Å²) in [5, 5.41) is 4.02. The molecule has 0 aliphatic carbocycles. The molecular formula is C21H24N4O2. The summed E-state index contributed by atoms with van der Waals surface area (Å²) in [6.07, 6.45) is 4.25. The van der Waals surface area contributed by atoms with Gasteiger partial charge in [0.25, 0.3) is 0 Å². The van der Waals surface area contributed by atoms with Crippen LogP contribution in [0.5, 0.6) is 0 Å². The molecule has 140 valence electrons. The van der Waals surface area contributed by atoms with Gasteiger partial charge in [0, 0.05) is 38.3 Å². The van der Waals surface area contributed by atoms with Crippen LogP contribution in [0.15, 0.2) is 53.1 Å². The number of amides is 2. The van der Waals surface area contributed by atoms with Gasteiger partial charge in [-0.2, -0.15) is 0 Å². The topological polar surface area (TPSA) is 61.6 Å². The Hall–Kier alpha value is -3.02. The molecule has 0 radical (unpaired) electrons. The molecule has 0 unspecified atom stereocenters. The minimum absolute atomic E-state index is 0.130. The van der Waals surface area contributed by atoms with Crippen LogP contribution in [0, 0.1) is 0 Å². The second-order valence-corrected chi connectivity index (χ2v) is 6.98. The van der Waals surface area contributed by atoms with E-state index in [1.807, 2.05) is 42.6 Å². The third kappa shape index (κ3) is 4.05. The minimum atomic E-state index is -0.130. The van der Waals surface area contributed by atoms with Gasteiger partial charge >= 0.3 is 6.03 Å². The van der Waals surface area contributed by atoms with Gasteiger partial charge in [0.2, 0.25) is 0 Å². The monoisotopic (exact) mass is 364 g/mol. The van der Waals surface area contributed by atoms with E-state index in [1.165, 1.54) is 12.8 Å². The average molecular weight is 364 g/mol. The molecule has 1 aliphatic heterocycles. The maximum atomic E-state index is 12.4. The number of fused-ring (bicyclic) bond motifs is 1. The summed E-state index contributed by atoms with van der Waals surface area (Å²) in [4.78, 5) is 20.8. The minimum Gasteiger partial charge on any atom is -0.459 e. The maximum absolute atomic E-state index is 12.4. The number of carbonyl (C=O) groups is 1. The van der Waals surface area contributed by atoms with Gasteiger partial charge in [-0.1, -0.05) is 18.2 Å². The van der Waals surface area contributed by atoms with Gasteiger partial charge < -0.3 is 19.5 Å². The number of pyridine rings is 1. The molecule has 0 bridgehead atoms. The molecule has 3 heterocycles. The Morgan fingerprint density at radius 3 is 2.85 bits per heavy atom. The van der Waals surface area contributed by atoms with Crippen LogP contribution >= 0.6 is 0 Å². The van der Waals surface area contributed by atoms with Crippen molar-refractivity contribution in [2.45, 2.75) is 25.9 Å². The SMILES string of the molecule is CN(Cc1cc2ccccc2o1)C(=O)NCc1ccnc(N2CCCC2)c1.